The topological polar surface area (TPSA) is 9.23 Å². The summed E-state index contributed by atoms with van der Waals surface area (Å²) in [6.07, 6.45) is 1.95. The zero-order valence-corrected chi connectivity index (χ0v) is 10.4. The lowest BCUT2D eigenvalue weighted by atomic mass is 9.90. The molecule has 0 atom stereocenters. The lowest BCUT2D eigenvalue weighted by Crippen LogP contribution is -2.32. The van der Waals surface area contributed by atoms with Gasteiger partial charge in [0.2, 0.25) is 0 Å². The summed E-state index contributed by atoms with van der Waals surface area (Å²) >= 11 is 0. The summed E-state index contributed by atoms with van der Waals surface area (Å²) in [5.41, 5.74) is 0.485. The lowest BCUT2D eigenvalue weighted by Gasteiger charge is -2.33. The minimum absolute atomic E-state index is 0.0975. The normalized spacial score (nSPS) is 18.8. The van der Waals surface area contributed by atoms with Gasteiger partial charge < -0.3 is 4.74 Å². The van der Waals surface area contributed by atoms with E-state index in [0.717, 1.165) is 29.7 Å². The maximum absolute atomic E-state index is 13.8. The van der Waals surface area contributed by atoms with Crippen LogP contribution in [-0.2, 0) is 12.1 Å². The van der Waals surface area contributed by atoms with E-state index < -0.39 is 5.67 Å². The highest BCUT2D eigenvalue weighted by molar-refractivity contribution is 5.41. The Balaban J connectivity index is 2.36. The van der Waals surface area contributed by atoms with Gasteiger partial charge in [0.1, 0.15) is 17.0 Å². The van der Waals surface area contributed by atoms with Crippen LogP contribution in [-0.4, -0.2) is 5.60 Å². The molecule has 0 unspecified atom stereocenters. The zero-order chi connectivity index (χ0) is 12.0. The van der Waals surface area contributed by atoms with Gasteiger partial charge in [-0.25, -0.2) is 4.39 Å². The lowest BCUT2D eigenvalue weighted by molar-refractivity contribution is 0.0844. The van der Waals surface area contributed by atoms with Crippen LogP contribution in [0.3, 0.4) is 0 Å². The molecule has 0 aromatic heterocycles. The molecule has 2 heteroatoms. The van der Waals surface area contributed by atoms with Gasteiger partial charge in [-0.1, -0.05) is 6.07 Å². The standard InChI is InChI=1S/C14H19FO/c1-13(2)8-7-10-9-11(14(3,4)15)5-6-12(10)16-13/h5-6,9H,7-8H2,1-4H3. The van der Waals surface area contributed by atoms with Crippen molar-refractivity contribution in [2.75, 3.05) is 0 Å². The number of aryl methyl sites for hydroxylation is 1. The maximum Gasteiger partial charge on any atom is 0.130 e. The van der Waals surface area contributed by atoms with Crippen LogP contribution < -0.4 is 4.74 Å². The van der Waals surface area contributed by atoms with Gasteiger partial charge in [-0.2, -0.15) is 0 Å². The molecular weight excluding hydrogens is 203 g/mol. The van der Waals surface area contributed by atoms with Crippen LogP contribution >= 0.6 is 0 Å². The molecule has 1 aromatic carbocycles. The Morgan fingerprint density at radius 1 is 1.31 bits per heavy atom. The predicted molar refractivity (Wildman–Crippen MR) is 63.6 cm³/mol. The Kier molecular flexibility index (Phi) is 2.48. The van der Waals surface area contributed by atoms with E-state index in [2.05, 4.69) is 13.8 Å². The number of alkyl halides is 1. The summed E-state index contributed by atoms with van der Waals surface area (Å²) in [5.74, 6) is 0.907. The molecule has 1 aliphatic rings. The van der Waals surface area contributed by atoms with E-state index in [0.29, 0.717) is 0 Å². The summed E-state index contributed by atoms with van der Waals surface area (Å²) in [6, 6.07) is 5.65. The number of rotatable bonds is 1. The monoisotopic (exact) mass is 222 g/mol. The zero-order valence-electron chi connectivity index (χ0n) is 10.4. The highest BCUT2D eigenvalue weighted by Crippen LogP contribution is 2.36. The number of fused-ring (bicyclic) bond motifs is 1. The minimum Gasteiger partial charge on any atom is -0.488 e. The summed E-state index contributed by atoms with van der Waals surface area (Å²) in [6.45, 7) is 7.34. The average molecular weight is 222 g/mol. The molecule has 0 radical (unpaired) electrons. The Morgan fingerprint density at radius 2 is 2.00 bits per heavy atom. The second-order valence-corrected chi connectivity index (χ2v) is 5.66. The van der Waals surface area contributed by atoms with E-state index >= 15 is 0 Å². The second kappa shape index (κ2) is 3.47. The average Bonchev–Trinajstić information content (AvgIpc) is 2.14. The smallest absolute Gasteiger partial charge is 0.130 e. The van der Waals surface area contributed by atoms with Crippen LogP contribution in [0.5, 0.6) is 5.75 Å². The predicted octanol–water partition coefficient (Wildman–Crippen LogP) is 3.99. The molecule has 0 amide bonds. The molecule has 0 saturated carbocycles. The molecule has 0 N–H and O–H groups in total. The molecule has 1 aromatic rings. The SMILES string of the molecule is CC1(C)CCc2cc(C(C)(C)F)ccc2O1. The number of hydrogen-bond donors (Lipinski definition) is 0. The number of ether oxygens (including phenoxy) is 1. The van der Waals surface area contributed by atoms with E-state index in [1.54, 1.807) is 13.8 Å². The molecule has 1 nitrogen and oxygen atoms in total. The molecule has 16 heavy (non-hydrogen) atoms. The van der Waals surface area contributed by atoms with E-state index in [1.807, 2.05) is 18.2 Å². The third-order valence-electron chi connectivity index (χ3n) is 3.13. The van der Waals surface area contributed by atoms with Gasteiger partial charge in [0.15, 0.2) is 0 Å². The Hall–Kier alpha value is -1.05. The van der Waals surface area contributed by atoms with Crippen LogP contribution in [0, 0.1) is 0 Å². The fourth-order valence-corrected chi connectivity index (χ4v) is 2.03. The molecule has 0 bridgehead atoms. The van der Waals surface area contributed by atoms with Crippen molar-refractivity contribution in [3.63, 3.8) is 0 Å². The molecule has 1 aliphatic heterocycles. The first-order valence-electron chi connectivity index (χ1n) is 5.79. The highest BCUT2D eigenvalue weighted by Gasteiger charge is 2.28. The van der Waals surface area contributed by atoms with Crippen LogP contribution in [0.15, 0.2) is 18.2 Å². The largest absolute Gasteiger partial charge is 0.488 e. The van der Waals surface area contributed by atoms with Crippen molar-refractivity contribution in [1.82, 2.24) is 0 Å². The summed E-state index contributed by atoms with van der Waals surface area (Å²) in [7, 11) is 0. The van der Waals surface area contributed by atoms with Gasteiger partial charge in [-0.05, 0) is 63.8 Å². The van der Waals surface area contributed by atoms with Gasteiger partial charge in [-0.15, -0.1) is 0 Å². The third kappa shape index (κ3) is 2.21. The first-order valence-corrected chi connectivity index (χ1v) is 5.79. The fraction of sp³-hybridized carbons (Fsp3) is 0.571. The van der Waals surface area contributed by atoms with Crippen molar-refractivity contribution >= 4 is 0 Å². The number of benzene rings is 1. The van der Waals surface area contributed by atoms with Gasteiger partial charge in [0.25, 0.3) is 0 Å². The maximum atomic E-state index is 13.8. The molecular formula is C14H19FO. The van der Waals surface area contributed by atoms with E-state index in [9.17, 15) is 4.39 Å². The van der Waals surface area contributed by atoms with Crippen molar-refractivity contribution in [2.24, 2.45) is 0 Å². The molecule has 0 spiro atoms. The van der Waals surface area contributed by atoms with Crippen molar-refractivity contribution < 1.29 is 9.13 Å². The molecule has 0 fully saturated rings. The summed E-state index contributed by atoms with van der Waals surface area (Å²) < 4.78 is 19.7. The Labute approximate surface area is 96.6 Å². The molecule has 1 heterocycles. The molecule has 2 rings (SSSR count). The fourth-order valence-electron chi connectivity index (χ4n) is 2.03. The Bertz CT molecular complexity index is 402. The number of halogens is 1. The van der Waals surface area contributed by atoms with Crippen molar-refractivity contribution in [3.05, 3.63) is 29.3 Å². The van der Waals surface area contributed by atoms with E-state index in [-0.39, 0.29) is 5.60 Å². The van der Waals surface area contributed by atoms with Crippen molar-refractivity contribution in [2.45, 2.75) is 51.8 Å². The highest BCUT2D eigenvalue weighted by atomic mass is 19.1. The van der Waals surface area contributed by atoms with Gasteiger partial charge in [0, 0.05) is 0 Å². The molecule has 0 saturated heterocycles. The second-order valence-electron chi connectivity index (χ2n) is 5.66. The van der Waals surface area contributed by atoms with E-state index in [4.69, 9.17) is 4.74 Å². The third-order valence-corrected chi connectivity index (χ3v) is 3.13. The molecule has 0 aliphatic carbocycles. The van der Waals surface area contributed by atoms with Gasteiger partial charge in [0.05, 0.1) is 0 Å². The van der Waals surface area contributed by atoms with Gasteiger partial charge in [-0.3, -0.25) is 0 Å². The van der Waals surface area contributed by atoms with Crippen molar-refractivity contribution in [3.8, 4) is 5.75 Å². The summed E-state index contributed by atoms with van der Waals surface area (Å²) in [4.78, 5) is 0. The summed E-state index contributed by atoms with van der Waals surface area (Å²) in [5, 5.41) is 0. The van der Waals surface area contributed by atoms with Crippen LogP contribution in [0.1, 0.15) is 45.2 Å². The first kappa shape index (κ1) is 11.4. The number of hydrogen-bond acceptors (Lipinski definition) is 1. The molecule has 88 valence electrons. The first-order chi connectivity index (χ1) is 7.28. The van der Waals surface area contributed by atoms with Gasteiger partial charge >= 0.3 is 0 Å². The van der Waals surface area contributed by atoms with E-state index in [1.165, 1.54) is 0 Å². The quantitative estimate of drug-likeness (QED) is 0.698. The van der Waals surface area contributed by atoms with Crippen molar-refractivity contribution in [1.29, 1.82) is 0 Å². The van der Waals surface area contributed by atoms with Crippen LogP contribution in [0.4, 0.5) is 4.39 Å². The Morgan fingerprint density at radius 3 is 2.62 bits per heavy atom. The van der Waals surface area contributed by atoms with Crippen LogP contribution in [0.2, 0.25) is 0 Å². The van der Waals surface area contributed by atoms with Crippen LogP contribution in [0.25, 0.3) is 0 Å². The minimum atomic E-state index is -1.28.